The van der Waals surface area contributed by atoms with Crippen LogP contribution in [0.25, 0.3) is 5.95 Å². The number of aryl methyl sites for hydroxylation is 1. The van der Waals surface area contributed by atoms with Gasteiger partial charge in [-0.25, -0.2) is 4.98 Å². The highest BCUT2D eigenvalue weighted by molar-refractivity contribution is 5.88. The smallest absolute Gasteiger partial charge is 0.252 e. The van der Waals surface area contributed by atoms with Crippen molar-refractivity contribution in [2.75, 3.05) is 5.32 Å². The van der Waals surface area contributed by atoms with E-state index in [4.69, 9.17) is 0 Å². The molecule has 0 bridgehead atoms. The molecular formula is C14H17N5O2. The summed E-state index contributed by atoms with van der Waals surface area (Å²) < 4.78 is 1.50. The van der Waals surface area contributed by atoms with Crippen LogP contribution in [0.2, 0.25) is 0 Å². The maximum absolute atomic E-state index is 11.7. The van der Waals surface area contributed by atoms with Gasteiger partial charge in [-0.15, -0.1) is 0 Å². The summed E-state index contributed by atoms with van der Waals surface area (Å²) >= 11 is 0. The number of aromatic nitrogens is 4. The van der Waals surface area contributed by atoms with Gasteiger partial charge in [-0.3, -0.25) is 14.6 Å². The largest absolute Gasteiger partial charge is 0.311 e. The highest BCUT2D eigenvalue weighted by Crippen LogP contribution is 2.40. The highest BCUT2D eigenvalue weighted by Gasteiger charge is 2.28. The Balaban J connectivity index is 2.09. The average Bonchev–Trinajstić information content (AvgIpc) is 3.19. The van der Waals surface area contributed by atoms with Crippen molar-refractivity contribution < 1.29 is 4.79 Å². The lowest BCUT2D eigenvalue weighted by Gasteiger charge is -2.07. The molecule has 0 aromatic carbocycles. The summed E-state index contributed by atoms with van der Waals surface area (Å²) in [6, 6.07) is 3.31. The van der Waals surface area contributed by atoms with E-state index >= 15 is 0 Å². The summed E-state index contributed by atoms with van der Waals surface area (Å²) in [5.74, 6) is 1.11. The molecule has 3 rings (SSSR count). The monoisotopic (exact) mass is 287 g/mol. The minimum absolute atomic E-state index is 0.188. The molecule has 0 saturated heterocycles. The van der Waals surface area contributed by atoms with E-state index in [0.717, 1.165) is 18.5 Å². The van der Waals surface area contributed by atoms with Gasteiger partial charge in [0.15, 0.2) is 0 Å². The van der Waals surface area contributed by atoms with Crippen LogP contribution in [0, 0.1) is 0 Å². The van der Waals surface area contributed by atoms with Gasteiger partial charge in [-0.1, -0.05) is 6.92 Å². The molecule has 1 saturated carbocycles. The number of carbonyl (C=O) groups is 1. The zero-order valence-corrected chi connectivity index (χ0v) is 12.0. The number of aromatic amines is 1. The zero-order valence-electron chi connectivity index (χ0n) is 12.0. The van der Waals surface area contributed by atoms with Crippen molar-refractivity contribution in [2.45, 2.75) is 39.0 Å². The SMILES string of the molecule is CCc1cc(=O)[nH]c(-n2nc(C3CC3)cc2NC(C)=O)n1. The van der Waals surface area contributed by atoms with Crippen LogP contribution in [0.15, 0.2) is 16.9 Å². The first-order valence-corrected chi connectivity index (χ1v) is 7.05. The van der Waals surface area contributed by atoms with Gasteiger partial charge in [-0.2, -0.15) is 9.78 Å². The van der Waals surface area contributed by atoms with Gasteiger partial charge in [0.1, 0.15) is 5.82 Å². The molecule has 0 unspecified atom stereocenters. The summed E-state index contributed by atoms with van der Waals surface area (Å²) in [6.45, 7) is 3.37. The lowest BCUT2D eigenvalue weighted by Crippen LogP contribution is -2.18. The number of carbonyl (C=O) groups excluding carboxylic acids is 1. The molecule has 0 atom stereocenters. The van der Waals surface area contributed by atoms with Gasteiger partial charge in [-0.05, 0) is 19.3 Å². The Morgan fingerprint density at radius 3 is 2.86 bits per heavy atom. The maximum atomic E-state index is 11.7. The summed E-state index contributed by atoms with van der Waals surface area (Å²) in [6.07, 6.45) is 2.87. The molecule has 0 radical (unpaired) electrons. The Labute approximate surface area is 121 Å². The van der Waals surface area contributed by atoms with Crippen LogP contribution >= 0.6 is 0 Å². The molecule has 21 heavy (non-hydrogen) atoms. The van der Waals surface area contributed by atoms with Crippen molar-refractivity contribution >= 4 is 11.7 Å². The van der Waals surface area contributed by atoms with Gasteiger partial charge in [0.25, 0.3) is 5.56 Å². The molecule has 2 N–H and O–H groups in total. The number of nitrogens with one attached hydrogen (secondary N) is 2. The van der Waals surface area contributed by atoms with Crippen LogP contribution in [0.3, 0.4) is 0 Å². The third-order valence-corrected chi connectivity index (χ3v) is 3.37. The minimum atomic E-state index is -0.228. The average molecular weight is 287 g/mol. The van der Waals surface area contributed by atoms with Gasteiger partial charge in [0.05, 0.1) is 5.69 Å². The molecule has 1 aliphatic carbocycles. The molecular weight excluding hydrogens is 270 g/mol. The second-order valence-electron chi connectivity index (χ2n) is 5.24. The van der Waals surface area contributed by atoms with E-state index in [2.05, 4.69) is 20.4 Å². The van der Waals surface area contributed by atoms with Crippen LogP contribution < -0.4 is 10.9 Å². The van der Waals surface area contributed by atoms with Crippen molar-refractivity contribution in [2.24, 2.45) is 0 Å². The van der Waals surface area contributed by atoms with Gasteiger partial charge in [0, 0.05) is 30.7 Å². The van der Waals surface area contributed by atoms with Crippen molar-refractivity contribution in [3.8, 4) is 5.95 Å². The molecule has 1 amide bonds. The molecule has 1 aliphatic rings. The van der Waals surface area contributed by atoms with Gasteiger partial charge in [0.2, 0.25) is 11.9 Å². The Morgan fingerprint density at radius 1 is 1.48 bits per heavy atom. The Morgan fingerprint density at radius 2 is 2.24 bits per heavy atom. The van der Waals surface area contributed by atoms with Crippen LogP contribution in [0.1, 0.15) is 44.0 Å². The number of amides is 1. The van der Waals surface area contributed by atoms with E-state index in [9.17, 15) is 9.59 Å². The van der Waals surface area contributed by atoms with Gasteiger partial charge < -0.3 is 5.32 Å². The van der Waals surface area contributed by atoms with E-state index in [0.29, 0.717) is 29.8 Å². The normalized spacial score (nSPS) is 14.2. The summed E-state index contributed by atoms with van der Waals surface area (Å²) in [5.41, 5.74) is 1.38. The first-order valence-electron chi connectivity index (χ1n) is 7.05. The third kappa shape index (κ3) is 2.86. The quantitative estimate of drug-likeness (QED) is 0.887. The molecule has 2 aromatic heterocycles. The molecule has 2 heterocycles. The lowest BCUT2D eigenvalue weighted by molar-refractivity contribution is -0.114. The molecule has 7 nitrogen and oxygen atoms in total. The molecule has 110 valence electrons. The Hall–Kier alpha value is -2.44. The molecule has 7 heteroatoms. The van der Waals surface area contributed by atoms with E-state index < -0.39 is 0 Å². The lowest BCUT2D eigenvalue weighted by atomic mass is 10.3. The fraction of sp³-hybridized carbons (Fsp3) is 0.429. The molecule has 0 spiro atoms. The number of rotatable bonds is 4. The third-order valence-electron chi connectivity index (χ3n) is 3.37. The standard InChI is InChI=1S/C14H17N5O2/c1-3-10-6-13(21)17-14(16-10)19-12(15-8(2)20)7-11(18-19)9-4-5-9/h6-7,9H,3-5H2,1-2H3,(H,15,20)(H,16,17,21). The summed E-state index contributed by atoms with van der Waals surface area (Å²) in [7, 11) is 0. The Kier molecular flexibility index (Phi) is 3.32. The highest BCUT2D eigenvalue weighted by atomic mass is 16.1. The number of nitrogens with zero attached hydrogens (tertiary/aromatic N) is 3. The fourth-order valence-electron chi connectivity index (χ4n) is 2.18. The number of anilines is 1. The first kappa shape index (κ1) is 13.5. The maximum Gasteiger partial charge on any atom is 0.252 e. The van der Waals surface area contributed by atoms with Crippen molar-refractivity contribution in [1.29, 1.82) is 0 Å². The first-order chi connectivity index (χ1) is 10.1. The van der Waals surface area contributed by atoms with Crippen molar-refractivity contribution in [3.63, 3.8) is 0 Å². The van der Waals surface area contributed by atoms with Crippen molar-refractivity contribution in [1.82, 2.24) is 19.7 Å². The molecule has 2 aromatic rings. The van der Waals surface area contributed by atoms with Crippen LogP contribution in [-0.2, 0) is 11.2 Å². The topological polar surface area (TPSA) is 92.7 Å². The molecule has 1 fully saturated rings. The number of hydrogen-bond acceptors (Lipinski definition) is 4. The van der Waals surface area contributed by atoms with Crippen LogP contribution in [0.5, 0.6) is 0 Å². The second kappa shape index (κ2) is 5.16. The molecule has 0 aliphatic heterocycles. The predicted octanol–water partition coefficient (Wildman–Crippen LogP) is 1.35. The Bertz CT molecular complexity index is 742. The van der Waals surface area contributed by atoms with E-state index in [1.807, 2.05) is 13.0 Å². The summed E-state index contributed by atoms with van der Waals surface area (Å²) in [4.78, 5) is 30.1. The van der Waals surface area contributed by atoms with Crippen LogP contribution in [-0.4, -0.2) is 25.7 Å². The summed E-state index contributed by atoms with van der Waals surface area (Å²) in [5, 5.41) is 7.21. The van der Waals surface area contributed by atoms with E-state index in [1.165, 1.54) is 17.7 Å². The predicted molar refractivity (Wildman–Crippen MR) is 77.6 cm³/mol. The van der Waals surface area contributed by atoms with E-state index in [-0.39, 0.29) is 11.5 Å². The van der Waals surface area contributed by atoms with Gasteiger partial charge >= 0.3 is 0 Å². The number of H-pyrrole nitrogens is 1. The van der Waals surface area contributed by atoms with Crippen molar-refractivity contribution in [3.05, 3.63) is 33.9 Å². The van der Waals surface area contributed by atoms with E-state index in [1.54, 1.807) is 0 Å². The minimum Gasteiger partial charge on any atom is -0.311 e. The zero-order chi connectivity index (χ0) is 15.0. The second-order valence-corrected chi connectivity index (χ2v) is 5.24. The number of hydrogen-bond donors (Lipinski definition) is 2. The fourth-order valence-corrected chi connectivity index (χ4v) is 2.18. The van der Waals surface area contributed by atoms with Crippen LogP contribution in [0.4, 0.5) is 5.82 Å².